The third kappa shape index (κ3) is 3.46. The van der Waals surface area contributed by atoms with Crippen LogP contribution >= 0.6 is 22.9 Å². The lowest BCUT2D eigenvalue weighted by Crippen LogP contribution is -2.12. The lowest BCUT2D eigenvalue weighted by Gasteiger charge is -2.14. The summed E-state index contributed by atoms with van der Waals surface area (Å²) in [6.07, 6.45) is 1.78. The molecule has 1 atom stereocenters. The first kappa shape index (κ1) is 14.6. The third-order valence-corrected chi connectivity index (χ3v) is 5.03. The molecule has 1 heterocycles. The third-order valence-electron chi connectivity index (χ3n) is 3.77. The van der Waals surface area contributed by atoms with Gasteiger partial charge in [-0.1, -0.05) is 41.9 Å². The molecule has 21 heavy (non-hydrogen) atoms. The van der Waals surface area contributed by atoms with Crippen LogP contribution < -0.4 is 0 Å². The Morgan fingerprint density at radius 2 is 1.76 bits per heavy atom. The molecule has 2 aromatic carbocycles. The van der Waals surface area contributed by atoms with Crippen LogP contribution in [0.4, 0.5) is 0 Å². The van der Waals surface area contributed by atoms with Gasteiger partial charge in [-0.25, -0.2) is 0 Å². The Bertz CT molecular complexity index is 717. The fourth-order valence-corrected chi connectivity index (χ4v) is 3.76. The quantitative estimate of drug-likeness (QED) is 0.706. The second kappa shape index (κ2) is 6.61. The average Bonchev–Trinajstić information content (AvgIpc) is 2.92. The number of fused-ring (bicyclic) bond motifs is 1. The second-order valence-electron chi connectivity index (χ2n) is 5.34. The minimum atomic E-state index is 0.201. The Balaban J connectivity index is 1.76. The highest BCUT2D eigenvalue weighted by atomic mass is 35.5. The average molecular weight is 317 g/mol. The maximum absolute atomic E-state index is 9.69. The minimum absolute atomic E-state index is 0.201. The first-order valence-electron chi connectivity index (χ1n) is 7.06. The smallest absolute Gasteiger partial charge is 0.0465 e. The van der Waals surface area contributed by atoms with Crippen molar-refractivity contribution in [3.63, 3.8) is 0 Å². The van der Waals surface area contributed by atoms with Crippen LogP contribution in [0.5, 0.6) is 0 Å². The molecule has 3 rings (SSSR count). The van der Waals surface area contributed by atoms with Crippen LogP contribution in [-0.4, -0.2) is 11.7 Å². The van der Waals surface area contributed by atoms with Gasteiger partial charge in [0.15, 0.2) is 0 Å². The molecular weight excluding hydrogens is 300 g/mol. The molecule has 0 aliphatic carbocycles. The van der Waals surface area contributed by atoms with Crippen molar-refractivity contribution >= 4 is 33.0 Å². The van der Waals surface area contributed by atoms with Gasteiger partial charge in [0, 0.05) is 16.3 Å². The van der Waals surface area contributed by atoms with Gasteiger partial charge < -0.3 is 5.11 Å². The molecule has 108 valence electrons. The summed E-state index contributed by atoms with van der Waals surface area (Å²) in [6.45, 7) is 0.201. The molecule has 3 heteroatoms. The van der Waals surface area contributed by atoms with Crippen LogP contribution in [-0.2, 0) is 12.8 Å². The van der Waals surface area contributed by atoms with Gasteiger partial charge in [0.25, 0.3) is 0 Å². The number of hydrogen-bond donors (Lipinski definition) is 1. The van der Waals surface area contributed by atoms with Crippen molar-refractivity contribution in [3.8, 4) is 0 Å². The largest absolute Gasteiger partial charge is 0.396 e. The fraction of sp³-hybridized carbons (Fsp3) is 0.222. The maximum Gasteiger partial charge on any atom is 0.0465 e. The van der Waals surface area contributed by atoms with Crippen molar-refractivity contribution in [2.24, 2.45) is 5.92 Å². The molecule has 0 aliphatic heterocycles. The topological polar surface area (TPSA) is 20.2 Å². The standard InChI is InChI=1S/C18H17ClOS/c19-16-7-5-13(6-8-16)9-14(11-20)10-15-12-21-18-4-2-1-3-17(15)18/h1-8,12,14,20H,9-11H2. The zero-order valence-corrected chi connectivity index (χ0v) is 13.2. The molecule has 0 bridgehead atoms. The van der Waals surface area contributed by atoms with Crippen LogP contribution in [0.1, 0.15) is 11.1 Å². The maximum atomic E-state index is 9.69. The lowest BCUT2D eigenvalue weighted by molar-refractivity contribution is 0.225. The van der Waals surface area contributed by atoms with Crippen molar-refractivity contribution in [2.75, 3.05) is 6.61 Å². The lowest BCUT2D eigenvalue weighted by atomic mass is 9.93. The molecule has 0 saturated carbocycles. The molecule has 0 amide bonds. The summed E-state index contributed by atoms with van der Waals surface area (Å²) >= 11 is 7.69. The summed E-state index contributed by atoms with van der Waals surface area (Å²) in [5.74, 6) is 0.240. The molecule has 0 spiro atoms. The highest BCUT2D eigenvalue weighted by Crippen LogP contribution is 2.28. The normalized spacial score (nSPS) is 12.7. The van der Waals surface area contributed by atoms with E-state index in [0.29, 0.717) is 0 Å². The highest BCUT2D eigenvalue weighted by molar-refractivity contribution is 7.17. The van der Waals surface area contributed by atoms with E-state index in [0.717, 1.165) is 17.9 Å². The van der Waals surface area contributed by atoms with E-state index < -0.39 is 0 Å². The second-order valence-corrected chi connectivity index (χ2v) is 6.69. The zero-order valence-electron chi connectivity index (χ0n) is 11.6. The number of halogens is 1. The molecule has 0 radical (unpaired) electrons. The van der Waals surface area contributed by atoms with Crippen LogP contribution in [0.3, 0.4) is 0 Å². The fourth-order valence-electron chi connectivity index (χ4n) is 2.66. The highest BCUT2D eigenvalue weighted by Gasteiger charge is 2.13. The number of aliphatic hydroxyl groups is 1. The van der Waals surface area contributed by atoms with E-state index in [2.05, 4.69) is 29.6 Å². The van der Waals surface area contributed by atoms with Gasteiger partial charge in [-0.3, -0.25) is 0 Å². The van der Waals surface area contributed by atoms with Crippen molar-refractivity contribution in [1.29, 1.82) is 0 Å². The Morgan fingerprint density at radius 1 is 1.00 bits per heavy atom. The molecule has 3 aromatic rings. The molecule has 0 fully saturated rings. The van der Waals surface area contributed by atoms with Gasteiger partial charge >= 0.3 is 0 Å². The molecule has 1 aromatic heterocycles. The molecule has 0 saturated heterocycles. The van der Waals surface area contributed by atoms with Gasteiger partial charge in [-0.15, -0.1) is 11.3 Å². The van der Waals surface area contributed by atoms with E-state index in [1.165, 1.54) is 21.2 Å². The minimum Gasteiger partial charge on any atom is -0.396 e. The van der Waals surface area contributed by atoms with Gasteiger partial charge in [0.05, 0.1) is 0 Å². The number of benzene rings is 2. The van der Waals surface area contributed by atoms with Crippen molar-refractivity contribution in [2.45, 2.75) is 12.8 Å². The molecule has 0 aliphatic rings. The molecule has 1 unspecified atom stereocenters. The monoisotopic (exact) mass is 316 g/mol. The predicted molar refractivity (Wildman–Crippen MR) is 91.3 cm³/mol. The molecule has 1 N–H and O–H groups in total. The Labute approximate surface area is 133 Å². The van der Waals surface area contributed by atoms with Crippen LogP contribution in [0.25, 0.3) is 10.1 Å². The van der Waals surface area contributed by atoms with Gasteiger partial charge in [-0.05, 0) is 58.9 Å². The predicted octanol–water partition coefficient (Wildman–Crippen LogP) is 4.95. The summed E-state index contributed by atoms with van der Waals surface area (Å²) in [5, 5.41) is 14.0. The molecular formula is C18H17ClOS. The van der Waals surface area contributed by atoms with E-state index in [1.807, 2.05) is 24.3 Å². The van der Waals surface area contributed by atoms with Gasteiger partial charge in [-0.2, -0.15) is 0 Å². The first-order chi connectivity index (χ1) is 10.3. The Morgan fingerprint density at radius 3 is 2.52 bits per heavy atom. The van der Waals surface area contributed by atoms with E-state index >= 15 is 0 Å². The Kier molecular flexibility index (Phi) is 4.59. The van der Waals surface area contributed by atoms with Crippen molar-refractivity contribution in [3.05, 3.63) is 70.1 Å². The molecule has 1 nitrogen and oxygen atoms in total. The summed E-state index contributed by atoms with van der Waals surface area (Å²) in [5.41, 5.74) is 2.56. The number of hydrogen-bond acceptors (Lipinski definition) is 2. The number of thiophene rings is 1. The van der Waals surface area contributed by atoms with Crippen molar-refractivity contribution < 1.29 is 5.11 Å². The first-order valence-corrected chi connectivity index (χ1v) is 8.32. The van der Waals surface area contributed by atoms with Crippen LogP contribution in [0, 0.1) is 5.92 Å². The van der Waals surface area contributed by atoms with Crippen LogP contribution in [0.15, 0.2) is 53.9 Å². The SMILES string of the molecule is OCC(Cc1ccc(Cl)cc1)Cc1csc2ccccc12. The summed E-state index contributed by atoms with van der Waals surface area (Å²) in [6, 6.07) is 16.4. The number of rotatable bonds is 5. The van der Waals surface area contributed by atoms with E-state index in [-0.39, 0.29) is 12.5 Å². The van der Waals surface area contributed by atoms with E-state index in [1.54, 1.807) is 11.3 Å². The van der Waals surface area contributed by atoms with Crippen LogP contribution in [0.2, 0.25) is 5.02 Å². The van der Waals surface area contributed by atoms with Gasteiger partial charge in [0.2, 0.25) is 0 Å². The van der Waals surface area contributed by atoms with E-state index in [4.69, 9.17) is 11.6 Å². The summed E-state index contributed by atoms with van der Waals surface area (Å²) < 4.78 is 1.32. The summed E-state index contributed by atoms with van der Waals surface area (Å²) in [4.78, 5) is 0. The van der Waals surface area contributed by atoms with E-state index in [9.17, 15) is 5.11 Å². The Hall–Kier alpha value is -1.35. The van der Waals surface area contributed by atoms with Crippen molar-refractivity contribution in [1.82, 2.24) is 0 Å². The van der Waals surface area contributed by atoms with Gasteiger partial charge in [0.1, 0.15) is 0 Å². The number of aliphatic hydroxyl groups excluding tert-OH is 1. The summed E-state index contributed by atoms with van der Waals surface area (Å²) in [7, 11) is 0. The zero-order chi connectivity index (χ0) is 14.7.